The predicted molar refractivity (Wildman–Crippen MR) is 60.5 cm³/mol. The fourth-order valence-electron chi connectivity index (χ4n) is 2.28. The summed E-state index contributed by atoms with van der Waals surface area (Å²) < 4.78 is 0. The average Bonchev–Trinajstić information content (AvgIpc) is 2.64. The molecule has 2 rings (SSSR count). The van der Waals surface area contributed by atoms with Crippen LogP contribution in [0.2, 0.25) is 0 Å². The van der Waals surface area contributed by atoms with Gasteiger partial charge in [0, 0.05) is 24.7 Å². The molecule has 1 fully saturated rings. The van der Waals surface area contributed by atoms with E-state index in [-0.39, 0.29) is 5.78 Å². The van der Waals surface area contributed by atoms with Gasteiger partial charge < -0.3 is 10.2 Å². The number of piperidine rings is 1. The average molecular weight is 208 g/mol. The van der Waals surface area contributed by atoms with Crippen LogP contribution in [0.3, 0.4) is 0 Å². The molecule has 0 spiro atoms. The molecule has 2 aliphatic rings. The molecule has 1 saturated heterocycles. The summed E-state index contributed by atoms with van der Waals surface area (Å²) in [5.41, 5.74) is 1.15. The van der Waals surface area contributed by atoms with E-state index in [9.17, 15) is 4.79 Å². The lowest BCUT2D eigenvalue weighted by Crippen LogP contribution is -2.34. The highest BCUT2D eigenvalue weighted by Gasteiger charge is 2.17. The highest BCUT2D eigenvalue weighted by Crippen LogP contribution is 2.17. The summed E-state index contributed by atoms with van der Waals surface area (Å²) in [4.78, 5) is 13.4. The summed E-state index contributed by atoms with van der Waals surface area (Å²) in [6.07, 6.45) is 5.96. The number of nitrogens with zero attached hydrogens (tertiary/aromatic N) is 1. The molecule has 0 bridgehead atoms. The van der Waals surface area contributed by atoms with Gasteiger partial charge in [0.2, 0.25) is 0 Å². The van der Waals surface area contributed by atoms with Crippen molar-refractivity contribution in [3.05, 3.63) is 11.8 Å². The van der Waals surface area contributed by atoms with Gasteiger partial charge in [-0.15, -0.1) is 0 Å². The molecular weight excluding hydrogens is 188 g/mol. The quantitative estimate of drug-likeness (QED) is 0.755. The van der Waals surface area contributed by atoms with E-state index in [2.05, 4.69) is 17.3 Å². The van der Waals surface area contributed by atoms with Crippen LogP contribution in [0.5, 0.6) is 0 Å². The SMILES string of the molecule is CN1CCC(CNC2=CC(=O)CC2)CC1. The largest absolute Gasteiger partial charge is 0.388 e. The number of ketones is 1. The molecule has 1 heterocycles. The van der Waals surface area contributed by atoms with Gasteiger partial charge in [0.1, 0.15) is 0 Å². The van der Waals surface area contributed by atoms with Gasteiger partial charge in [-0.3, -0.25) is 4.79 Å². The number of carbonyl (C=O) groups excluding carboxylic acids is 1. The van der Waals surface area contributed by atoms with Crippen LogP contribution in [-0.4, -0.2) is 37.4 Å². The van der Waals surface area contributed by atoms with Crippen molar-refractivity contribution < 1.29 is 4.79 Å². The summed E-state index contributed by atoms with van der Waals surface area (Å²) in [6, 6.07) is 0. The van der Waals surface area contributed by atoms with Crippen LogP contribution in [0.25, 0.3) is 0 Å². The summed E-state index contributed by atoms with van der Waals surface area (Å²) >= 11 is 0. The lowest BCUT2D eigenvalue weighted by molar-refractivity contribution is -0.114. The monoisotopic (exact) mass is 208 g/mol. The Kier molecular flexibility index (Phi) is 3.41. The topological polar surface area (TPSA) is 32.3 Å². The maximum Gasteiger partial charge on any atom is 0.157 e. The first-order valence-corrected chi connectivity index (χ1v) is 5.90. The Hall–Kier alpha value is -0.830. The number of allylic oxidation sites excluding steroid dienone is 2. The molecule has 0 aromatic heterocycles. The fourth-order valence-corrected chi connectivity index (χ4v) is 2.28. The van der Waals surface area contributed by atoms with Crippen molar-refractivity contribution in [1.82, 2.24) is 10.2 Å². The van der Waals surface area contributed by atoms with Crippen LogP contribution >= 0.6 is 0 Å². The number of nitrogens with one attached hydrogen (secondary N) is 1. The molecule has 0 unspecified atom stereocenters. The van der Waals surface area contributed by atoms with Crippen molar-refractivity contribution in [1.29, 1.82) is 0 Å². The van der Waals surface area contributed by atoms with Crippen molar-refractivity contribution in [3.8, 4) is 0 Å². The normalized spacial score (nSPS) is 24.3. The summed E-state index contributed by atoms with van der Waals surface area (Å²) in [5.74, 6) is 1.07. The highest BCUT2D eigenvalue weighted by atomic mass is 16.1. The first-order valence-electron chi connectivity index (χ1n) is 5.90. The Balaban J connectivity index is 1.70. The van der Waals surface area contributed by atoms with Crippen LogP contribution in [0.4, 0.5) is 0 Å². The molecule has 0 amide bonds. The minimum atomic E-state index is 0.279. The van der Waals surface area contributed by atoms with Gasteiger partial charge in [-0.05, 0) is 45.3 Å². The van der Waals surface area contributed by atoms with Crippen molar-refractivity contribution in [2.75, 3.05) is 26.7 Å². The van der Waals surface area contributed by atoms with Crippen LogP contribution in [0.15, 0.2) is 11.8 Å². The van der Waals surface area contributed by atoms with Crippen molar-refractivity contribution in [3.63, 3.8) is 0 Å². The number of likely N-dealkylation sites (tertiary alicyclic amines) is 1. The highest BCUT2D eigenvalue weighted by molar-refractivity contribution is 5.92. The van der Waals surface area contributed by atoms with E-state index in [1.165, 1.54) is 25.9 Å². The molecule has 0 saturated carbocycles. The van der Waals surface area contributed by atoms with Gasteiger partial charge in [0.05, 0.1) is 0 Å². The summed E-state index contributed by atoms with van der Waals surface area (Å²) in [6.45, 7) is 3.47. The third-order valence-corrected chi connectivity index (χ3v) is 3.43. The third kappa shape index (κ3) is 3.06. The Morgan fingerprint density at radius 2 is 2.13 bits per heavy atom. The second kappa shape index (κ2) is 4.79. The van der Waals surface area contributed by atoms with E-state index in [4.69, 9.17) is 0 Å². The van der Waals surface area contributed by atoms with E-state index in [1.54, 1.807) is 6.08 Å². The molecule has 3 nitrogen and oxygen atoms in total. The van der Waals surface area contributed by atoms with E-state index >= 15 is 0 Å². The fraction of sp³-hybridized carbons (Fsp3) is 0.750. The molecule has 1 N–H and O–H groups in total. The van der Waals surface area contributed by atoms with Gasteiger partial charge in [0.15, 0.2) is 5.78 Å². The van der Waals surface area contributed by atoms with Crippen molar-refractivity contribution in [2.24, 2.45) is 5.92 Å². The molecule has 0 aromatic carbocycles. The van der Waals surface area contributed by atoms with Crippen LogP contribution < -0.4 is 5.32 Å². The zero-order valence-electron chi connectivity index (χ0n) is 9.46. The first kappa shape index (κ1) is 10.7. The maximum absolute atomic E-state index is 11.0. The number of hydrogen-bond donors (Lipinski definition) is 1. The molecule has 0 radical (unpaired) electrons. The molecule has 0 aromatic rings. The Morgan fingerprint density at radius 3 is 2.73 bits per heavy atom. The smallest absolute Gasteiger partial charge is 0.157 e. The number of hydrogen-bond acceptors (Lipinski definition) is 3. The maximum atomic E-state index is 11.0. The minimum absolute atomic E-state index is 0.279. The second-order valence-electron chi connectivity index (χ2n) is 4.76. The van der Waals surface area contributed by atoms with Gasteiger partial charge in [-0.1, -0.05) is 0 Å². The van der Waals surface area contributed by atoms with Gasteiger partial charge in [0.25, 0.3) is 0 Å². The summed E-state index contributed by atoms with van der Waals surface area (Å²) in [7, 11) is 2.18. The third-order valence-electron chi connectivity index (χ3n) is 3.43. The van der Waals surface area contributed by atoms with E-state index in [1.807, 2.05) is 0 Å². The van der Waals surface area contributed by atoms with E-state index in [0.29, 0.717) is 6.42 Å². The molecule has 84 valence electrons. The Labute approximate surface area is 91.5 Å². The molecule has 1 aliphatic heterocycles. The zero-order valence-corrected chi connectivity index (χ0v) is 9.46. The van der Waals surface area contributed by atoms with Crippen molar-refractivity contribution in [2.45, 2.75) is 25.7 Å². The number of carbonyl (C=O) groups is 1. The lowest BCUT2D eigenvalue weighted by Gasteiger charge is -2.29. The van der Waals surface area contributed by atoms with Gasteiger partial charge >= 0.3 is 0 Å². The van der Waals surface area contributed by atoms with Crippen molar-refractivity contribution >= 4 is 5.78 Å². The Morgan fingerprint density at radius 1 is 1.40 bits per heavy atom. The molecule has 0 atom stereocenters. The van der Waals surface area contributed by atoms with Crippen LogP contribution in [0, 0.1) is 5.92 Å². The first-order chi connectivity index (χ1) is 7.24. The molecule has 3 heteroatoms. The number of rotatable bonds is 3. The zero-order chi connectivity index (χ0) is 10.7. The molecular formula is C12H20N2O. The van der Waals surface area contributed by atoms with Gasteiger partial charge in [-0.25, -0.2) is 0 Å². The Bertz CT molecular complexity index is 265. The van der Waals surface area contributed by atoms with Crippen LogP contribution in [0.1, 0.15) is 25.7 Å². The van der Waals surface area contributed by atoms with E-state index in [0.717, 1.165) is 24.6 Å². The predicted octanol–water partition coefficient (Wildman–Crippen LogP) is 1.16. The standard InChI is InChI=1S/C12H20N2O/c1-14-6-4-10(5-7-14)9-13-11-2-3-12(15)8-11/h8,10,13H,2-7,9H2,1H3. The van der Waals surface area contributed by atoms with Crippen LogP contribution in [-0.2, 0) is 4.79 Å². The molecule has 1 aliphatic carbocycles. The summed E-state index contributed by atoms with van der Waals surface area (Å²) in [5, 5.41) is 3.42. The minimum Gasteiger partial charge on any atom is -0.388 e. The second-order valence-corrected chi connectivity index (χ2v) is 4.76. The van der Waals surface area contributed by atoms with Gasteiger partial charge in [-0.2, -0.15) is 0 Å². The molecule has 15 heavy (non-hydrogen) atoms. The van der Waals surface area contributed by atoms with E-state index < -0.39 is 0 Å². The lowest BCUT2D eigenvalue weighted by atomic mass is 9.97.